The van der Waals surface area contributed by atoms with Gasteiger partial charge in [-0.3, -0.25) is 0 Å². The molecule has 0 heterocycles. The summed E-state index contributed by atoms with van der Waals surface area (Å²) < 4.78 is 0. The van der Waals surface area contributed by atoms with Crippen molar-refractivity contribution in [1.29, 1.82) is 5.26 Å². The van der Waals surface area contributed by atoms with E-state index in [9.17, 15) is 0 Å². The van der Waals surface area contributed by atoms with Crippen molar-refractivity contribution < 1.29 is 5.11 Å². The van der Waals surface area contributed by atoms with E-state index < -0.39 is 0 Å². The Morgan fingerprint density at radius 2 is 2.33 bits per heavy atom. The average Bonchev–Trinajstić information content (AvgIpc) is 2.34. The highest BCUT2D eigenvalue weighted by Gasteiger charge is 2.23. The van der Waals surface area contributed by atoms with Crippen LogP contribution < -0.4 is 0 Å². The maximum Gasteiger partial charge on any atom is 0.0655 e. The van der Waals surface area contributed by atoms with Gasteiger partial charge in [0.05, 0.1) is 6.07 Å². The summed E-state index contributed by atoms with van der Waals surface area (Å²) in [7, 11) is 0. The fourth-order valence-corrected chi connectivity index (χ4v) is 1.36. The Labute approximate surface area is 55.1 Å². The second-order valence-electron chi connectivity index (χ2n) is 2.69. The molecule has 1 aliphatic rings. The van der Waals surface area contributed by atoms with E-state index in [1.165, 1.54) is 0 Å². The summed E-state index contributed by atoms with van der Waals surface area (Å²) in [5, 5.41) is 17.1. The first-order valence-corrected chi connectivity index (χ1v) is 3.37. The summed E-state index contributed by atoms with van der Waals surface area (Å²) in [4.78, 5) is 0. The highest BCUT2D eigenvalue weighted by molar-refractivity contribution is 4.89. The Morgan fingerprint density at radius 1 is 1.56 bits per heavy atom. The predicted octanol–water partition coefficient (Wildman–Crippen LogP) is 0.919. The molecule has 0 aliphatic heterocycles. The number of hydrogen-bond donors (Lipinski definition) is 1. The lowest BCUT2D eigenvalue weighted by molar-refractivity contribution is 0.228. The van der Waals surface area contributed by atoms with Crippen molar-refractivity contribution in [2.45, 2.75) is 19.3 Å². The Kier molecular flexibility index (Phi) is 2.07. The molecular formula is C7H11NO. The van der Waals surface area contributed by atoms with Crippen molar-refractivity contribution in [2.75, 3.05) is 6.61 Å². The van der Waals surface area contributed by atoms with Gasteiger partial charge < -0.3 is 5.11 Å². The molecule has 0 amide bonds. The zero-order valence-electron chi connectivity index (χ0n) is 5.38. The van der Waals surface area contributed by atoms with E-state index in [-0.39, 0.29) is 12.5 Å². The zero-order chi connectivity index (χ0) is 6.69. The van der Waals surface area contributed by atoms with Crippen LogP contribution in [0.1, 0.15) is 19.3 Å². The van der Waals surface area contributed by atoms with E-state index in [4.69, 9.17) is 10.4 Å². The van der Waals surface area contributed by atoms with E-state index in [0.717, 1.165) is 19.3 Å². The van der Waals surface area contributed by atoms with Crippen LogP contribution in [-0.2, 0) is 0 Å². The molecule has 0 aromatic rings. The lowest BCUT2D eigenvalue weighted by Gasteiger charge is -2.00. The predicted molar refractivity (Wildman–Crippen MR) is 33.5 cm³/mol. The molecule has 0 radical (unpaired) electrons. The molecule has 0 spiro atoms. The number of hydrogen-bond acceptors (Lipinski definition) is 2. The molecule has 1 rings (SSSR count). The number of aliphatic hydroxyl groups excluding tert-OH is 1. The summed E-state index contributed by atoms with van der Waals surface area (Å²) >= 11 is 0. The standard InChI is InChI=1S/C7H11NO/c8-4-6-1-2-7(3-6)5-9/h6-7,9H,1-3,5H2. The van der Waals surface area contributed by atoms with E-state index in [1.807, 2.05) is 0 Å². The molecule has 0 aromatic carbocycles. The van der Waals surface area contributed by atoms with Gasteiger partial charge in [0.25, 0.3) is 0 Å². The molecule has 2 heteroatoms. The van der Waals surface area contributed by atoms with Gasteiger partial charge in [0.1, 0.15) is 0 Å². The lowest BCUT2D eigenvalue weighted by Crippen LogP contribution is -1.99. The van der Waals surface area contributed by atoms with E-state index >= 15 is 0 Å². The van der Waals surface area contributed by atoms with Crippen LogP contribution in [0.2, 0.25) is 0 Å². The molecular weight excluding hydrogens is 114 g/mol. The number of aliphatic hydroxyl groups is 1. The van der Waals surface area contributed by atoms with Crippen LogP contribution in [0.4, 0.5) is 0 Å². The highest BCUT2D eigenvalue weighted by Crippen LogP contribution is 2.29. The van der Waals surface area contributed by atoms with Crippen LogP contribution in [-0.4, -0.2) is 11.7 Å². The van der Waals surface area contributed by atoms with Gasteiger partial charge in [-0.15, -0.1) is 0 Å². The number of rotatable bonds is 1. The summed E-state index contributed by atoms with van der Waals surface area (Å²) in [5.41, 5.74) is 0. The minimum Gasteiger partial charge on any atom is -0.396 e. The first-order chi connectivity index (χ1) is 4.36. The highest BCUT2D eigenvalue weighted by atomic mass is 16.3. The van der Waals surface area contributed by atoms with E-state index in [2.05, 4.69) is 6.07 Å². The van der Waals surface area contributed by atoms with Gasteiger partial charge in [-0.05, 0) is 25.2 Å². The van der Waals surface area contributed by atoms with E-state index in [1.54, 1.807) is 0 Å². The van der Waals surface area contributed by atoms with Crippen LogP contribution in [0.5, 0.6) is 0 Å². The van der Waals surface area contributed by atoms with Crippen molar-refractivity contribution in [3.63, 3.8) is 0 Å². The van der Waals surface area contributed by atoms with Crippen LogP contribution in [0.25, 0.3) is 0 Å². The summed E-state index contributed by atoms with van der Waals surface area (Å²) in [6.45, 7) is 0.262. The molecule has 1 aliphatic carbocycles. The Morgan fingerprint density at radius 3 is 2.67 bits per heavy atom. The van der Waals surface area contributed by atoms with Crippen LogP contribution in [0, 0.1) is 23.2 Å². The molecule has 1 saturated carbocycles. The first kappa shape index (κ1) is 6.57. The molecule has 0 aromatic heterocycles. The van der Waals surface area contributed by atoms with Crippen LogP contribution in [0.15, 0.2) is 0 Å². The SMILES string of the molecule is N#CC1CCC(CO)C1. The van der Waals surface area contributed by atoms with Crippen molar-refractivity contribution in [1.82, 2.24) is 0 Å². The second kappa shape index (κ2) is 2.84. The summed E-state index contributed by atoms with van der Waals surface area (Å²) in [6, 6.07) is 2.22. The Balaban J connectivity index is 2.31. The Hall–Kier alpha value is -0.550. The maximum atomic E-state index is 8.67. The van der Waals surface area contributed by atoms with Gasteiger partial charge in [-0.1, -0.05) is 0 Å². The fraction of sp³-hybridized carbons (Fsp3) is 0.857. The van der Waals surface area contributed by atoms with Gasteiger partial charge in [0.15, 0.2) is 0 Å². The lowest BCUT2D eigenvalue weighted by atomic mass is 10.1. The molecule has 2 atom stereocenters. The maximum absolute atomic E-state index is 8.67. The number of nitriles is 1. The largest absolute Gasteiger partial charge is 0.396 e. The van der Waals surface area contributed by atoms with Crippen LogP contribution in [0.3, 0.4) is 0 Å². The van der Waals surface area contributed by atoms with Gasteiger partial charge in [0.2, 0.25) is 0 Å². The smallest absolute Gasteiger partial charge is 0.0655 e. The molecule has 50 valence electrons. The third-order valence-electron chi connectivity index (χ3n) is 1.98. The van der Waals surface area contributed by atoms with Gasteiger partial charge in [0, 0.05) is 12.5 Å². The van der Waals surface area contributed by atoms with Gasteiger partial charge in [-0.25, -0.2) is 0 Å². The number of nitrogens with zero attached hydrogens (tertiary/aromatic N) is 1. The third kappa shape index (κ3) is 1.43. The molecule has 0 saturated heterocycles. The van der Waals surface area contributed by atoms with Crippen molar-refractivity contribution in [2.24, 2.45) is 11.8 Å². The average molecular weight is 125 g/mol. The summed E-state index contributed by atoms with van der Waals surface area (Å²) in [5.74, 6) is 0.636. The Bertz CT molecular complexity index is 127. The molecule has 0 bridgehead atoms. The molecule has 9 heavy (non-hydrogen) atoms. The quantitative estimate of drug-likeness (QED) is 0.566. The second-order valence-corrected chi connectivity index (χ2v) is 2.69. The minimum absolute atomic E-state index is 0.224. The zero-order valence-corrected chi connectivity index (χ0v) is 5.38. The molecule has 2 nitrogen and oxygen atoms in total. The normalized spacial score (nSPS) is 34.2. The molecule has 1 N–H and O–H groups in total. The van der Waals surface area contributed by atoms with Crippen LogP contribution >= 0.6 is 0 Å². The van der Waals surface area contributed by atoms with Crippen molar-refractivity contribution in [3.05, 3.63) is 0 Å². The minimum atomic E-state index is 0.224. The fourth-order valence-electron chi connectivity index (χ4n) is 1.36. The first-order valence-electron chi connectivity index (χ1n) is 3.37. The molecule has 2 unspecified atom stereocenters. The summed E-state index contributed by atoms with van der Waals surface area (Å²) in [6.07, 6.45) is 2.93. The monoisotopic (exact) mass is 125 g/mol. The van der Waals surface area contributed by atoms with Crippen molar-refractivity contribution >= 4 is 0 Å². The third-order valence-corrected chi connectivity index (χ3v) is 1.98. The topological polar surface area (TPSA) is 44.0 Å². The van der Waals surface area contributed by atoms with Crippen molar-refractivity contribution in [3.8, 4) is 6.07 Å². The van der Waals surface area contributed by atoms with Gasteiger partial charge >= 0.3 is 0 Å². The van der Waals surface area contributed by atoms with Gasteiger partial charge in [-0.2, -0.15) is 5.26 Å². The molecule has 1 fully saturated rings. The van der Waals surface area contributed by atoms with E-state index in [0.29, 0.717) is 5.92 Å².